The number of ether oxygens (including phenoxy) is 2. The summed E-state index contributed by atoms with van der Waals surface area (Å²) in [5.74, 6) is 1.62. The van der Waals surface area contributed by atoms with E-state index in [9.17, 15) is 4.79 Å². The van der Waals surface area contributed by atoms with E-state index in [0.717, 1.165) is 47.5 Å². The van der Waals surface area contributed by atoms with E-state index in [4.69, 9.17) is 14.5 Å². The van der Waals surface area contributed by atoms with Gasteiger partial charge in [0.2, 0.25) is 0 Å². The molecule has 34 heavy (non-hydrogen) atoms. The summed E-state index contributed by atoms with van der Waals surface area (Å²) in [5, 5.41) is 3.77. The van der Waals surface area contributed by atoms with Crippen molar-refractivity contribution in [1.29, 1.82) is 0 Å². The summed E-state index contributed by atoms with van der Waals surface area (Å²) in [4.78, 5) is 17.1. The lowest BCUT2D eigenvalue weighted by Gasteiger charge is -2.34. The predicted molar refractivity (Wildman–Crippen MR) is 139 cm³/mol. The number of rotatable bonds is 9. The van der Waals surface area contributed by atoms with Gasteiger partial charge < -0.3 is 14.8 Å². The van der Waals surface area contributed by atoms with Gasteiger partial charge in [-0.1, -0.05) is 34.1 Å². The van der Waals surface area contributed by atoms with Gasteiger partial charge in [-0.2, -0.15) is 0 Å². The molecule has 0 saturated heterocycles. The number of fused-ring (bicyclic) bond motifs is 1. The number of unbranched alkanes of at least 4 members (excludes halogenated alkanes) is 1. The number of pyridine rings is 1. The Bertz CT molecular complexity index is 1160. The van der Waals surface area contributed by atoms with Gasteiger partial charge in [0.05, 0.1) is 7.11 Å². The Morgan fingerprint density at radius 2 is 1.82 bits per heavy atom. The first kappa shape index (κ1) is 25.6. The number of nitrogens with one attached hydrogen (secondary N) is 1. The van der Waals surface area contributed by atoms with Crippen molar-refractivity contribution in [2.75, 3.05) is 12.4 Å². The molecule has 2 heterocycles. The van der Waals surface area contributed by atoms with Gasteiger partial charge in [-0.3, -0.25) is 9.20 Å². The number of methoxy groups -OCH3 is 1. The highest BCUT2D eigenvalue weighted by Gasteiger charge is 2.28. The molecule has 0 amide bonds. The van der Waals surface area contributed by atoms with Gasteiger partial charge in [-0.25, -0.2) is 4.98 Å². The molecule has 0 fully saturated rings. The minimum absolute atomic E-state index is 0.160. The second kappa shape index (κ2) is 10.1. The molecule has 3 rings (SSSR count). The van der Waals surface area contributed by atoms with Crippen LogP contribution in [0, 0.1) is 12.3 Å². The van der Waals surface area contributed by atoms with Crippen LogP contribution in [0.25, 0.3) is 16.9 Å². The summed E-state index contributed by atoms with van der Waals surface area (Å²) in [6.07, 6.45) is 5.18. The molecule has 0 aliphatic rings. The van der Waals surface area contributed by atoms with Crippen LogP contribution in [0.15, 0.2) is 36.5 Å². The van der Waals surface area contributed by atoms with Gasteiger partial charge in [0.1, 0.15) is 17.2 Å². The molecular weight excluding hydrogens is 426 g/mol. The summed E-state index contributed by atoms with van der Waals surface area (Å²) < 4.78 is 13.2. The fraction of sp³-hybridized carbons (Fsp3) is 0.500. The lowest BCUT2D eigenvalue weighted by Crippen LogP contribution is -2.36. The van der Waals surface area contributed by atoms with Crippen LogP contribution in [-0.2, 0) is 4.79 Å². The number of carbonyl (C=O) groups is 1. The van der Waals surface area contributed by atoms with Crippen LogP contribution in [0.4, 0.5) is 5.82 Å². The average Bonchev–Trinajstić information content (AvgIpc) is 3.07. The molecule has 1 N–H and O–H groups in total. The van der Waals surface area contributed by atoms with Crippen LogP contribution in [0.1, 0.15) is 72.8 Å². The van der Waals surface area contributed by atoms with Crippen molar-refractivity contribution >= 4 is 17.4 Å². The largest absolute Gasteiger partial charge is 0.493 e. The Morgan fingerprint density at radius 3 is 2.47 bits per heavy atom. The number of benzene rings is 1. The number of aromatic nitrogens is 2. The molecule has 2 aromatic heterocycles. The minimum atomic E-state index is -0.248. The number of hydrogen-bond donors (Lipinski definition) is 1. The Morgan fingerprint density at radius 1 is 1.09 bits per heavy atom. The first-order valence-electron chi connectivity index (χ1n) is 12.1. The van der Waals surface area contributed by atoms with E-state index in [1.54, 1.807) is 13.2 Å². The standard InChI is InChI=1S/C28H39N3O3/c1-9-10-11-24(32)34-21-13-12-20(17-22(21)33-8)25-26(30-28(6,7)18-27(3,4)5)31-15-14-19(2)16-23(31)29-25/h12-17,30H,9-11,18H2,1-8H3. The van der Waals surface area contributed by atoms with E-state index >= 15 is 0 Å². The molecule has 0 radical (unpaired) electrons. The Kier molecular flexibility index (Phi) is 7.59. The van der Waals surface area contributed by atoms with Crippen molar-refractivity contribution in [3.8, 4) is 22.8 Å². The molecular formula is C28H39N3O3. The van der Waals surface area contributed by atoms with Gasteiger partial charge >= 0.3 is 5.97 Å². The second-order valence-corrected chi connectivity index (χ2v) is 10.9. The predicted octanol–water partition coefficient (Wildman–Crippen LogP) is 7.04. The molecule has 0 aliphatic carbocycles. The van der Waals surface area contributed by atoms with Crippen LogP contribution in [0.5, 0.6) is 11.5 Å². The maximum Gasteiger partial charge on any atom is 0.311 e. The second-order valence-electron chi connectivity index (χ2n) is 10.9. The average molecular weight is 466 g/mol. The number of hydrogen-bond acceptors (Lipinski definition) is 5. The molecule has 0 atom stereocenters. The quantitative estimate of drug-likeness (QED) is 0.271. The zero-order valence-electron chi connectivity index (χ0n) is 21.9. The van der Waals surface area contributed by atoms with Gasteiger partial charge in [-0.15, -0.1) is 0 Å². The van der Waals surface area contributed by atoms with Crippen LogP contribution >= 0.6 is 0 Å². The normalized spacial score (nSPS) is 12.1. The summed E-state index contributed by atoms with van der Waals surface area (Å²) in [7, 11) is 1.58. The molecule has 6 heteroatoms. The zero-order chi connectivity index (χ0) is 25.1. The van der Waals surface area contributed by atoms with E-state index in [1.165, 1.54) is 0 Å². The number of imidazole rings is 1. The SMILES string of the molecule is CCCCC(=O)Oc1ccc(-c2nc3cc(C)ccn3c2NC(C)(C)CC(C)(C)C)cc1OC. The minimum Gasteiger partial charge on any atom is -0.493 e. The van der Waals surface area contributed by atoms with Gasteiger partial charge in [-0.05, 0) is 74.9 Å². The van der Waals surface area contributed by atoms with Gasteiger partial charge in [0.25, 0.3) is 0 Å². The van der Waals surface area contributed by atoms with Crippen molar-refractivity contribution in [2.24, 2.45) is 5.41 Å². The third-order valence-corrected chi connectivity index (χ3v) is 5.61. The fourth-order valence-corrected chi connectivity index (χ4v) is 4.55. The Hall–Kier alpha value is -3.02. The molecule has 0 aliphatic heterocycles. The van der Waals surface area contributed by atoms with Crippen LogP contribution in [-0.4, -0.2) is 28.0 Å². The van der Waals surface area contributed by atoms with Crippen LogP contribution in [0.3, 0.4) is 0 Å². The third-order valence-electron chi connectivity index (χ3n) is 5.61. The molecule has 184 valence electrons. The smallest absolute Gasteiger partial charge is 0.311 e. The van der Waals surface area contributed by atoms with Gasteiger partial charge in [0, 0.05) is 23.7 Å². The van der Waals surface area contributed by atoms with E-state index in [-0.39, 0.29) is 16.9 Å². The number of anilines is 1. The Balaban J connectivity index is 2.05. The maximum atomic E-state index is 12.2. The summed E-state index contributed by atoms with van der Waals surface area (Å²) in [5.41, 5.74) is 3.75. The van der Waals surface area contributed by atoms with Crippen molar-refractivity contribution in [3.63, 3.8) is 0 Å². The lowest BCUT2D eigenvalue weighted by atomic mass is 9.82. The topological polar surface area (TPSA) is 64.9 Å². The molecule has 6 nitrogen and oxygen atoms in total. The van der Waals surface area contributed by atoms with Crippen molar-refractivity contribution in [2.45, 2.75) is 79.7 Å². The number of esters is 1. The third kappa shape index (κ3) is 6.31. The molecule has 1 aromatic carbocycles. The highest BCUT2D eigenvalue weighted by atomic mass is 16.6. The summed E-state index contributed by atoms with van der Waals surface area (Å²) >= 11 is 0. The molecule has 0 spiro atoms. The van der Waals surface area contributed by atoms with Crippen molar-refractivity contribution in [1.82, 2.24) is 9.38 Å². The van der Waals surface area contributed by atoms with Crippen LogP contribution in [0.2, 0.25) is 0 Å². The van der Waals surface area contributed by atoms with Gasteiger partial charge in [0.15, 0.2) is 11.5 Å². The van der Waals surface area contributed by atoms with E-state index in [1.807, 2.05) is 19.1 Å². The monoisotopic (exact) mass is 465 g/mol. The van der Waals surface area contributed by atoms with Crippen LogP contribution < -0.4 is 14.8 Å². The molecule has 0 bridgehead atoms. The number of carbonyl (C=O) groups excluding carboxylic acids is 1. The van der Waals surface area contributed by atoms with E-state index in [0.29, 0.717) is 17.9 Å². The number of nitrogens with zero attached hydrogens (tertiary/aromatic N) is 2. The first-order valence-corrected chi connectivity index (χ1v) is 12.1. The highest BCUT2D eigenvalue weighted by Crippen LogP contribution is 2.38. The Labute approximate surface area is 203 Å². The molecule has 3 aromatic rings. The zero-order valence-corrected chi connectivity index (χ0v) is 21.9. The summed E-state index contributed by atoms with van der Waals surface area (Å²) in [6, 6.07) is 9.77. The maximum absolute atomic E-state index is 12.2. The molecule has 0 saturated carbocycles. The first-order chi connectivity index (χ1) is 15.9. The van der Waals surface area contributed by atoms with E-state index < -0.39 is 0 Å². The van der Waals surface area contributed by atoms with E-state index in [2.05, 4.69) is 69.6 Å². The summed E-state index contributed by atoms with van der Waals surface area (Å²) in [6.45, 7) is 15.3. The fourth-order valence-electron chi connectivity index (χ4n) is 4.55. The number of aryl methyl sites for hydroxylation is 1. The molecule has 0 unspecified atom stereocenters. The van der Waals surface area contributed by atoms with Crippen molar-refractivity contribution in [3.05, 3.63) is 42.1 Å². The lowest BCUT2D eigenvalue weighted by molar-refractivity contribution is -0.134. The van der Waals surface area contributed by atoms with Crippen molar-refractivity contribution < 1.29 is 14.3 Å². The highest BCUT2D eigenvalue weighted by molar-refractivity contribution is 5.79.